The van der Waals surface area contributed by atoms with Crippen LogP contribution in [0.5, 0.6) is 11.5 Å². The number of benzene rings is 2. The van der Waals surface area contributed by atoms with Crippen molar-refractivity contribution in [1.82, 2.24) is 0 Å². The van der Waals surface area contributed by atoms with Crippen LogP contribution in [0.4, 0.5) is 0 Å². The number of hydrogen-bond donors (Lipinski definition) is 4. The predicted molar refractivity (Wildman–Crippen MR) is 133 cm³/mol. The summed E-state index contributed by atoms with van der Waals surface area (Å²) in [5, 5.41) is 37.8. The van der Waals surface area contributed by atoms with Crippen molar-refractivity contribution in [2.75, 3.05) is 26.4 Å². The lowest BCUT2D eigenvalue weighted by Crippen LogP contribution is -2.26. The van der Waals surface area contributed by atoms with Gasteiger partial charge in [-0.25, -0.2) is 0 Å². The highest BCUT2D eigenvalue weighted by Gasteiger charge is 2.33. The van der Waals surface area contributed by atoms with Crippen LogP contribution in [0.25, 0.3) is 0 Å². The first-order valence-electron chi connectivity index (χ1n) is 9.33. The van der Waals surface area contributed by atoms with Crippen molar-refractivity contribution in [3.63, 3.8) is 0 Å². The van der Waals surface area contributed by atoms with Crippen molar-refractivity contribution in [3.8, 4) is 11.5 Å². The maximum atomic E-state index is 9.76. The number of aliphatic hydroxyl groups excluding tert-OH is 4. The van der Waals surface area contributed by atoms with Gasteiger partial charge in [-0.1, -0.05) is 45.7 Å². The fourth-order valence-corrected chi connectivity index (χ4v) is 5.63. The van der Waals surface area contributed by atoms with Crippen LogP contribution < -0.4 is 9.47 Å². The van der Waals surface area contributed by atoms with E-state index in [1.54, 1.807) is 0 Å². The maximum Gasteiger partial charge on any atom is 0.137 e. The second-order valence-electron chi connectivity index (χ2n) is 7.45. The molecule has 0 saturated heterocycles. The van der Waals surface area contributed by atoms with E-state index in [9.17, 15) is 10.2 Å². The van der Waals surface area contributed by atoms with Gasteiger partial charge in [-0.05, 0) is 56.1 Å². The van der Waals surface area contributed by atoms with Gasteiger partial charge in [-0.3, -0.25) is 0 Å². The van der Waals surface area contributed by atoms with Crippen molar-refractivity contribution in [2.45, 2.75) is 31.5 Å². The normalized spacial score (nSPS) is 13.7. The molecule has 0 saturated carbocycles. The lowest BCUT2D eigenvalue weighted by atomic mass is 9.77. The SMILES string of the molecule is CC(C)(c1cc(Br)cc(Br)c1OCC(O)CO)c1cc(Br)cc(Br)c1OCC(O)CO. The fraction of sp³-hybridized carbons (Fsp3) is 0.429. The highest BCUT2D eigenvalue weighted by molar-refractivity contribution is 9.11. The molecule has 4 N–H and O–H groups in total. The van der Waals surface area contributed by atoms with E-state index >= 15 is 0 Å². The molecule has 0 aliphatic heterocycles. The Labute approximate surface area is 215 Å². The van der Waals surface area contributed by atoms with E-state index in [-0.39, 0.29) is 13.2 Å². The molecule has 2 unspecified atom stereocenters. The Morgan fingerprint density at radius 3 is 1.42 bits per heavy atom. The molecule has 6 nitrogen and oxygen atoms in total. The third kappa shape index (κ3) is 6.89. The predicted octanol–water partition coefficient (Wildman–Crippen LogP) is 4.53. The van der Waals surface area contributed by atoms with E-state index in [0.717, 1.165) is 20.1 Å². The van der Waals surface area contributed by atoms with Crippen molar-refractivity contribution in [2.24, 2.45) is 0 Å². The molecule has 0 aliphatic rings. The summed E-state index contributed by atoms with van der Waals surface area (Å²) in [5.41, 5.74) is 0.949. The number of ether oxygens (including phenoxy) is 2. The molecule has 0 amide bonds. The first-order valence-corrected chi connectivity index (χ1v) is 12.5. The molecule has 0 spiro atoms. The summed E-state index contributed by atoms with van der Waals surface area (Å²) in [6.07, 6.45) is -2.02. The van der Waals surface area contributed by atoms with Gasteiger partial charge in [0.1, 0.15) is 36.9 Å². The molecule has 0 fully saturated rings. The van der Waals surface area contributed by atoms with E-state index in [4.69, 9.17) is 19.7 Å². The maximum absolute atomic E-state index is 9.76. The average Bonchev–Trinajstić information content (AvgIpc) is 2.70. The standard InChI is InChI=1S/C21H24Br4O6/c1-21(2,15-3-11(22)5-17(24)19(15)30-9-13(28)7-26)16-4-12(23)6-18(25)20(16)31-10-14(29)8-27/h3-6,13-14,26-29H,7-10H2,1-2H3. The first-order chi connectivity index (χ1) is 14.5. The molecule has 0 aromatic heterocycles. The molecule has 0 heterocycles. The van der Waals surface area contributed by atoms with Crippen LogP contribution in [0.15, 0.2) is 42.2 Å². The number of aliphatic hydroxyl groups is 4. The summed E-state index contributed by atoms with van der Waals surface area (Å²) in [6.45, 7) is 3.04. The van der Waals surface area contributed by atoms with E-state index in [2.05, 4.69) is 63.7 Å². The van der Waals surface area contributed by atoms with Crippen molar-refractivity contribution < 1.29 is 29.9 Å². The van der Waals surface area contributed by atoms with Crippen molar-refractivity contribution in [3.05, 3.63) is 53.3 Å². The zero-order valence-electron chi connectivity index (χ0n) is 16.9. The van der Waals surface area contributed by atoms with Gasteiger partial charge in [0.05, 0.1) is 22.2 Å². The van der Waals surface area contributed by atoms with Crippen LogP contribution in [0, 0.1) is 0 Å². The number of halogens is 4. The Morgan fingerprint density at radius 2 is 1.10 bits per heavy atom. The molecule has 31 heavy (non-hydrogen) atoms. The van der Waals surface area contributed by atoms with Crippen LogP contribution in [0.1, 0.15) is 25.0 Å². The zero-order valence-corrected chi connectivity index (χ0v) is 23.3. The minimum Gasteiger partial charge on any atom is -0.489 e. The summed E-state index contributed by atoms with van der Waals surface area (Å²) in [6, 6.07) is 7.53. The molecule has 0 bridgehead atoms. The molecule has 172 valence electrons. The van der Waals surface area contributed by atoms with Crippen LogP contribution >= 0.6 is 63.7 Å². The van der Waals surface area contributed by atoms with E-state index in [1.807, 2.05) is 38.1 Å². The van der Waals surface area contributed by atoms with Crippen LogP contribution in [-0.4, -0.2) is 59.1 Å². The molecule has 0 aliphatic carbocycles. The molecule has 10 heteroatoms. The van der Waals surface area contributed by atoms with E-state index in [1.165, 1.54) is 0 Å². The third-order valence-electron chi connectivity index (χ3n) is 4.63. The van der Waals surface area contributed by atoms with Gasteiger partial charge >= 0.3 is 0 Å². The number of rotatable bonds is 10. The largest absolute Gasteiger partial charge is 0.489 e. The van der Waals surface area contributed by atoms with Gasteiger partial charge < -0.3 is 29.9 Å². The summed E-state index contributed by atoms with van der Waals surface area (Å²) in [5.74, 6) is 1.05. The molecule has 2 aromatic rings. The van der Waals surface area contributed by atoms with Gasteiger partial charge in [-0.2, -0.15) is 0 Å². The quantitative estimate of drug-likeness (QED) is 0.293. The molecule has 2 aromatic carbocycles. The summed E-state index contributed by atoms with van der Waals surface area (Å²) >= 11 is 14.1. The average molecular weight is 692 g/mol. The highest BCUT2D eigenvalue weighted by atomic mass is 79.9. The first kappa shape index (κ1) is 27.0. The lowest BCUT2D eigenvalue weighted by Gasteiger charge is -2.32. The second-order valence-corrected chi connectivity index (χ2v) is 11.0. The highest BCUT2D eigenvalue weighted by Crippen LogP contribution is 2.48. The molecule has 2 rings (SSSR count). The molecular formula is C21H24Br4O6. The molecule has 2 atom stereocenters. The van der Waals surface area contributed by atoms with E-state index in [0.29, 0.717) is 20.4 Å². The van der Waals surface area contributed by atoms with Gasteiger partial charge in [0.25, 0.3) is 0 Å². The van der Waals surface area contributed by atoms with Crippen LogP contribution in [0.2, 0.25) is 0 Å². The molecular weight excluding hydrogens is 668 g/mol. The molecule has 0 radical (unpaired) electrons. The van der Waals surface area contributed by atoms with Crippen molar-refractivity contribution in [1.29, 1.82) is 0 Å². The second kappa shape index (κ2) is 11.8. The summed E-state index contributed by atoms with van der Waals surface area (Å²) < 4.78 is 14.8. The number of hydrogen-bond acceptors (Lipinski definition) is 6. The minimum absolute atomic E-state index is 0.0754. The Kier molecular flexibility index (Phi) is 10.3. The summed E-state index contributed by atoms with van der Waals surface area (Å²) in [7, 11) is 0. The third-order valence-corrected chi connectivity index (χ3v) is 6.72. The lowest BCUT2D eigenvalue weighted by molar-refractivity contribution is 0.0521. The van der Waals surface area contributed by atoms with Gasteiger partial charge in [0.15, 0.2) is 0 Å². The smallest absolute Gasteiger partial charge is 0.137 e. The van der Waals surface area contributed by atoms with Gasteiger partial charge in [-0.15, -0.1) is 0 Å². The van der Waals surface area contributed by atoms with Gasteiger partial charge in [0, 0.05) is 25.5 Å². The minimum atomic E-state index is -1.01. The van der Waals surface area contributed by atoms with Gasteiger partial charge in [0.2, 0.25) is 0 Å². The Hall–Kier alpha value is -0.200. The van der Waals surface area contributed by atoms with Crippen LogP contribution in [0.3, 0.4) is 0 Å². The monoisotopic (exact) mass is 688 g/mol. The van der Waals surface area contributed by atoms with Crippen molar-refractivity contribution >= 4 is 63.7 Å². The van der Waals surface area contributed by atoms with E-state index < -0.39 is 30.8 Å². The topological polar surface area (TPSA) is 99.4 Å². The Morgan fingerprint density at radius 1 is 0.742 bits per heavy atom. The van der Waals surface area contributed by atoms with Crippen LogP contribution in [-0.2, 0) is 5.41 Å². The summed E-state index contributed by atoms with van der Waals surface area (Å²) in [4.78, 5) is 0. The Balaban J connectivity index is 2.61. The fourth-order valence-electron chi connectivity index (χ4n) is 2.95. The Bertz CT molecular complexity index is 834. The zero-order chi connectivity index (χ0) is 23.3.